The molecule has 0 heterocycles. The lowest BCUT2D eigenvalue weighted by molar-refractivity contribution is -0.110. The van der Waals surface area contributed by atoms with E-state index >= 15 is 0 Å². The number of carbonyl (C=O) groups excluding carboxylic acids is 1. The van der Waals surface area contributed by atoms with Gasteiger partial charge in [-0.15, -0.1) is 0 Å². The van der Waals surface area contributed by atoms with Gasteiger partial charge in [-0.25, -0.2) is 8.42 Å². The Bertz CT molecular complexity index is 885. The summed E-state index contributed by atoms with van der Waals surface area (Å²) in [6.07, 6.45) is 0.844. The van der Waals surface area contributed by atoms with E-state index in [2.05, 4.69) is 0 Å². The first kappa shape index (κ1) is 20.8. The highest BCUT2D eigenvalue weighted by atomic mass is 35.5. The molecule has 0 aliphatic heterocycles. The summed E-state index contributed by atoms with van der Waals surface area (Å²) in [5, 5.41) is -0.643. The molecule has 0 bridgehead atoms. The fourth-order valence-corrected chi connectivity index (χ4v) is 4.50. The lowest BCUT2D eigenvalue weighted by Crippen LogP contribution is -2.34. The molecule has 0 saturated heterocycles. The Labute approximate surface area is 167 Å². The molecule has 0 radical (unpaired) electrons. The number of rotatable bonds is 8. The highest BCUT2D eigenvalue weighted by molar-refractivity contribution is 7.93. The summed E-state index contributed by atoms with van der Waals surface area (Å²) in [4.78, 5) is 11.2. The lowest BCUT2D eigenvalue weighted by atomic mass is 10.3. The van der Waals surface area contributed by atoms with Crippen LogP contribution in [0.1, 0.15) is 13.3 Å². The number of ether oxygens (including phenoxy) is 1. The van der Waals surface area contributed by atoms with Gasteiger partial charge in [-0.3, -0.25) is 9.10 Å². The second-order valence-corrected chi connectivity index (χ2v) is 8.38. The predicted molar refractivity (Wildman–Crippen MR) is 104 cm³/mol. The van der Waals surface area contributed by atoms with Gasteiger partial charge in [0, 0.05) is 5.02 Å². The number of nitrogens with zero attached hydrogens (tertiary/aromatic N) is 1. The monoisotopic (exact) mass is 435 g/mol. The summed E-state index contributed by atoms with van der Waals surface area (Å²) in [5.74, 6) is 0.589. The molecule has 26 heavy (non-hydrogen) atoms. The van der Waals surface area contributed by atoms with Crippen LogP contribution >= 0.6 is 34.8 Å². The number of carbonyl (C=O) groups is 1. The van der Waals surface area contributed by atoms with Crippen molar-refractivity contribution < 1.29 is 17.9 Å². The molecule has 2 aromatic carbocycles. The Morgan fingerprint density at radius 3 is 2.35 bits per heavy atom. The van der Waals surface area contributed by atoms with Crippen molar-refractivity contribution in [3.05, 3.63) is 52.5 Å². The Morgan fingerprint density at radius 2 is 1.77 bits per heavy atom. The van der Waals surface area contributed by atoms with Gasteiger partial charge in [0.15, 0.2) is 0 Å². The summed E-state index contributed by atoms with van der Waals surface area (Å²) in [6, 6.07) is 10.4. The molecule has 0 aromatic heterocycles. The van der Waals surface area contributed by atoms with Crippen molar-refractivity contribution in [2.45, 2.75) is 18.2 Å². The van der Waals surface area contributed by atoms with Gasteiger partial charge in [-0.1, -0.05) is 30.1 Å². The second-order valence-electron chi connectivity index (χ2n) is 5.28. The zero-order valence-corrected chi connectivity index (χ0v) is 16.9. The maximum absolute atomic E-state index is 13.0. The standard InChI is InChI=1S/C17H16Cl3NO4S/c1-2-9-25-14-6-4-13(5-7-14)21(11-17(20)22)26(23,24)16-10-12(18)3-8-15(16)19/h3-8,10H,2,9,11H2,1H3. The van der Waals surface area contributed by atoms with E-state index in [0.29, 0.717) is 12.4 Å². The van der Waals surface area contributed by atoms with Gasteiger partial charge in [0.25, 0.3) is 10.0 Å². The van der Waals surface area contributed by atoms with Crippen molar-refractivity contribution >= 4 is 55.8 Å². The van der Waals surface area contributed by atoms with Gasteiger partial charge in [-0.05, 0) is 60.5 Å². The van der Waals surface area contributed by atoms with Crippen molar-refractivity contribution in [1.82, 2.24) is 0 Å². The van der Waals surface area contributed by atoms with Gasteiger partial charge >= 0.3 is 0 Å². The average molecular weight is 437 g/mol. The number of hydrogen-bond acceptors (Lipinski definition) is 4. The quantitative estimate of drug-likeness (QED) is 0.561. The molecular formula is C17H16Cl3NO4S. The van der Waals surface area contributed by atoms with E-state index in [1.54, 1.807) is 12.1 Å². The second kappa shape index (κ2) is 8.95. The number of hydrogen-bond donors (Lipinski definition) is 0. The largest absolute Gasteiger partial charge is 0.494 e. The molecule has 2 rings (SSSR count). The van der Waals surface area contributed by atoms with Crippen LogP contribution in [0.25, 0.3) is 0 Å². The maximum atomic E-state index is 13.0. The molecule has 5 nitrogen and oxygen atoms in total. The van der Waals surface area contributed by atoms with E-state index in [0.717, 1.165) is 10.7 Å². The molecule has 0 N–H and O–H groups in total. The predicted octanol–water partition coefficient (Wildman–Crippen LogP) is 4.74. The van der Waals surface area contributed by atoms with Crippen LogP contribution in [-0.2, 0) is 14.8 Å². The SMILES string of the molecule is CCCOc1ccc(N(CC(=O)Cl)S(=O)(=O)c2cc(Cl)ccc2Cl)cc1. The Kier molecular flexibility index (Phi) is 7.17. The fourth-order valence-electron chi connectivity index (χ4n) is 2.15. The van der Waals surface area contributed by atoms with Crippen molar-refractivity contribution in [2.75, 3.05) is 17.5 Å². The highest BCUT2D eigenvalue weighted by Crippen LogP contribution is 2.31. The van der Waals surface area contributed by atoms with E-state index in [-0.39, 0.29) is 20.6 Å². The first-order chi connectivity index (χ1) is 12.3. The zero-order chi connectivity index (χ0) is 19.3. The third-order valence-corrected chi connectivity index (χ3v) is 5.94. The van der Waals surface area contributed by atoms with Gasteiger partial charge in [0.2, 0.25) is 5.24 Å². The van der Waals surface area contributed by atoms with Crippen LogP contribution in [-0.4, -0.2) is 26.8 Å². The van der Waals surface area contributed by atoms with Crippen LogP contribution in [0.3, 0.4) is 0 Å². The molecule has 9 heteroatoms. The molecule has 0 aliphatic carbocycles. The van der Waals surface area contributed by atoms with Crippen LogP contribution < -0.4 is 9.04 Å². The summed E-state index contributed by atoms with van der Waals surface area (Å²) in [6.45, 7) is 1.96. The Hall–Kier alpha value is -1.47. The molecule has 0 spiro atoms. The van der Waals surface area contributed by atoms with Crippen LogP contribution in [0.5, 0.6) is 5.75 Å². The smallest absolute Gasteiger partial charge is 0.266 e. The van der Waals surface area contributed by atoms with Crippen molar-refractivity contribution in [3.8, 4) is 5.75 Å². The number of sulfonamides is 1. The van der Waals surface area contributed by atoms with Crippen LogP contribution in [0.15, 0.2) is 47.4 Å². The minimum absolute atomic E-state index is 0.00989. The molecule has 0 saturated carbocycles. The van der Waals surface area contributed by atoms with Crippen LogP contribution in [0.2, 0.25) is 10.0 Å². The maximum Gasteiger partial charge on any atom is 0.266 e. The van der Waals surface area contributed by atoms with Gasteiger partial charge in [0.1, 0.15) is 17.2 Å². The van der Waals surface area contributed by atoms with E-state index in [1.165, 1.54) is 30.3 Å². The van der Waals surface area contributed by atoms with Crippen molar-refractivity contribution in [3.63, 3.8) is 0 Å². The van der Waals surface area contributed by atoms with E-state index in [4.69, 9.17) is 39.5 Å². The third-order valence-electron chi connectivity index (χ3n) is 3.33. The van der Waals surface area contributed by atoms with Crippen molar-refractivity contribution in [1.29, 1.82) is 0 Å². The summed E-state index contributed by atoms with van der Waals surface area (Å²) < 4.78 is 32.4. The van der Waals surface area contributed by atoms with E-state index < -0.39 is 21.8 Å². The average Bonchev–Trinajstić information content (AvgIpc) is 2.60. The molecule has 0 fully saturated rings. The Balaban J connectivity index is 2.46. The highest BCUT2D eigenvalue weighted by Gasteiger charge is 2.29. The van der Waals surface area contributed by atoms with Gasteiger partial charge in [-0.2, -0.15) is 0 Å². The fraction of sp³-hybridized carbons (Fsp3) is 0.235. The summed E-state index contributed by atoms with van der Waals surface area (Å²) >= 11 is 17.4. The molecular weight excluding hydrogens is 421 g/mol. The molecule has 0 unspecified atom stereocenters. The minimum Gasteiger partial charge on any atom is -0.494 e. The third kappa shape index (κ3) is 5.04. The van der Waals surface area contributed by atoms with Gasteiger partial charge < -0.3 is 4.74 Å². The molecule has 2 aromatic rings. The number of benzene rings is 2. The van der Waals surface area contributed by atoms with Gasteiger partial charge in [0.05, 0.1) is 17.3 Å². The van der Waals surface area contributed by atoms with Crippen molar-refractivity contribution in [2.24, 2.45) is 0 Å². The first-order valence-corrected chi connectivity index (χ1v) is 10.2. The zero-order valence-electron chi connectivity index (χ0n) is 13.8. The summed E-state index contributed by atoms with van der Waals surface area (Å²) in [7, 11) is -4.16. The normalized spacial score (nSPS) is 11.2. The van der Waals surface area contributed by atoms with Crippen LogP contribution in [0, 0.1) is 0 Å². The topological polar surface area (TPSA) is 63.7 Å². The molecule has 0 atom stereocenters. The molecule has 140 valence electrons. The first-order valence-electron chi connectivity index (χ1n) is 7.64. The molecule has 0 amide bonds. The molecule has 0 aliphatic rings. The Morgan fingerprint density at radius 1 is 1.12 bits per heavy atom. The minimum atomic E-state index is -4.16. The lowest BCUT2D eigenvalue weighted by Gasteiger charge is -2.23. The van der Waals surface area contributed by atoms with E-state index in [1.807, 2.05) is 6.92 Å². The van der Waals surface area contributed by atoms with Crippen LogP contribution in [0.4, 0.5) is 5.69 Å². The summed E-state index contributed by atoms with van der Waals surface area (Å²) in [5.41, 5.74) is 0.249. The number of anilines is 1. The van der Waals surface area contributed by atoms with E-state index in [9.17, 15) is 13.2 Å². The number of halogens is 3.